The van der Waals surface area contributed by atoms with Crippen molar-refractivity contribution >= 4 is 44.6 Å². The minimum Gasteiger partial charge on any atom is -0.310 e. The first kappa shape index (κ1) is 23.7. The van der Waals surface area contributed by atoms with Gasteiger partial charge in [0.2, 0.25) is 0 Å². The highest BCUT2D eigenvalue weighted by molar-refractivity contribution is 7.20. The van der Waals surface area contributed by atoms with Gasteiger partial charge < -0.3 is 4.90 Å². The Balaban J connectivity index is 1.33. The number of rotatable bonds is 5. The molecule has 7 rings (SSSR count). The van der Waals surface area contributed by atoms with E-state index in [2.05, 4.69) is 151 Å². The van der Waals surface area contributed by atoms with Crippen LogP contribution >= 0.6 is 11.3 Å². The maximum atomic E-state index is 2.40. The predicted octanol–water partition coefficient (Wildman–Crippen LogP) is 10.9. The summed E-state index contributed by atoms with van der Waals surface area (Å²) in [5.41, 5.74) is 9.89. The number of hydrogen-bond acceptors (Lipinski definition) is 2. The summed E-state index contributed by atoms with van der Waals surface area (Å²) in [7, 11) is 0. The lowest BCUT2D eigenvalue weighted by atomic mass is 9.93. The molecule has 0 spiro atoms. The van der Waals surface area contributed by atoms with Gasteiger partial charge in [0.1, 0.15) is 0 Å². The number of nitrogens with zero attached hydrogens (tertiary/aromatic N) is 1. The third-order valence-electron chi connectivity index (χ3n) is 7.63. The number of hydrogen-bond donors (Lipinski definition) is 0. The molecule has 1 aromatic heterocycles. The fourth-order valence-electron chi connectivity index (χ4n) is 5.60. The first-order valence-electron chi connectivity index (χ1n) is 13.6. The number of anilines is 3. The van der Waals surface area contributed by atoms with E-state index in [-0.39, 0.29) is 0 Å². The fourth-order valence-corrected chi connectivity index (χ4v) is 6.72. The van der Waals surface area contributed by atoms with Gasteiger partial charge >= 0.3 is 0 Å². The molecule has 1 atom stereocenters. The molecule has 1 aliphatic rings. The van der Waals surface area contributed by atoms with Crippen LogP contribution in [0.5, 0.6) is 0 Å². The van der Waals surface area contributed by atoms with Gasteiger partial charge in [-0.15, -0.1) is 11.3 Å². The van der Waals surface area contributed by atoms with Gasteiger partial charge in [-0.1, -0.05) is 97.9 Å². The molecule has 1 unspecified atom stereocenters. The topological polar surface area (TPSA) is 3.24 Å². The summed E-state index contributed by atoms with van der Waals surface area (Å²) in [5.74, 6) is 0.575. The maximum absolute atomic E-state index is 2.40. The van der Waals surface area contributed by atoms with Crippen LogP contribution in [0.25, 0.3) is 38.4 Å². The molecule has 6 aromatic rings. The summed E-state index contributed by atoms with van der Waals surface area (Å²) >= 11 is 1.91. The Morgan fingerprint density at radius 1 is 0.590 bits per heavy atom. The van der Waals surface area contributed by atoms with Crippen molar-refractivity contribution in [2.24, 2.45) is 5.92 Å². The third-order valence-corrected chi connectivity index (χ3v) is 8.81. The number of fused-ring (bicyclic) bond motifs is 3. The largest absolute Gasteiger partial charge is 0.310 e. The zero-order chi connectivity index (χ0) is 26.2. The molecular weight excluding hydrogens is 490 g/mol. The van der Waals surface area contributed by atoms with E-state index in [1.807, 2.05) is 11.3 Å². The molecule has 0 N–H and O–H groups in total. The Labute approximate surface area is 234 Å². The standard InChI is InChI=1S/C37H29NS/c1-26-12-22-36-34(24-26)35-25-33(21-23-37(35)39-36)38(31-17-13-29(14-18-31)27-8-4-2-5-9-27)32-19-15-30(16-20-32)28-10-6-3-7-11-28/h2-23,25-26H,24H2,1H3. The molecule has 0 amide bonds. The predicted molar refractivity (Wildman–Crippen MR) is 169 cm³/mol. The minimum atomic E-state index is 0.575. The van der Waals surface area contributed by atoms with Gasteiger partial charge in [0.15, 0.2) is 0 Å². The smallest absolute Gasteiger partial charge is 0.0468 e. The van der Waals surface area contributed by atoms with Crippen LogP contribution < -0.4 is 4.90 Å². The molecule has 0 saturated heterocycles. The number of benzene rings is 5. The monoisotopic (exact) mass is 519 g/mol. The van der Waals surface area contributed by atoms with Gasteiger partial charge in [-0.2, -0.15) is 0 Å². The van der Waals surface area contributed by atoms with Crippen LogP contribution in [0.4, 0.5) is 17.1 Å². The van der Waals surface area contributed by atoms with Crippen LogP contribution in [0.3, 0.4) is 0 Å². The minimum absolute atomic E-state index is 0.575. The van der Waals surface area contributed by atoms with E-state index in [4.69, 9.17) is 0 Å². The van der Waals surface area contributed by atoms with E-state index in [1.54, 1.807) is 0 Å². The highest BCUT2D eigenvalue weighted by Gasteiger charge is 2.19. The van der Waals surface area contributed by atoms with Crippen LogP contribution in [0.2, 0.25) is 0 Å². The first-order chi connectivity index (χ1) is 19.2. The zero-order valence-electron chi connectivity index (χ0n) is 21.9. The Kier molecular flexibility index (Phi) is 6.11. The molecule has 1 heterocycles. The molecule has 0 aliphatic heterocycles. The Morgan fingerprint density at radius 2 is 1.10 bits per heavy atom. The second kappa shape index (κ2) is 10.1. The van der Waals surface area contributed by atoms with E-state index >= 15 is 0 Å². The van der Waals surface area contributed by atoms with Gasteiger partial charge in [0, 0.05) is 26.6 Å². The van der Waals surface area contributed by atoms with E-state index < -0.39 is 0 Å². The molecule has 39 heavy (non-hydrogen) atoms. The molecule has 0 bridgehead atoms. The lowest BCUT2D eigenvalue weighted by Gasteiger charge is -2.26. The van der Waals surface area contributed by atoms with Crippen molar-refractivity contribution in [1.29, 1.82) is 0 Å². The van der Waals surface area contributed by atoms with Crippen LogP contribution in [0, 0.1) is 5.92 Å². The quantitative estimate of drug-likeness (QED) is 0.219. The van der Waals surface area contributed by atoms with Gasteiger partial charge in [-0.3, -0.25) is 0 Å². The third kappa shape index (κ3) is 4.58. The average molecular weight is 520 g/mol. The molecular formula is C37H29NS. The molecule has 188 valence electrons. The van der Waals surface area contributed by atoms with Gasteiger partial charge in [-0.05, 0) is 94.1 Å². The molecule has 5 aromatic carbocycles. The van der Waals surface area contributed by atoms with Crippen LogP contribution in [-0.2, 0) is 6.42 Å². The van der Waals surface area contributed by atoms with Gasteiger partial charge in [0.25, 0.3) is 0 Å². The van der Waals surface area contributed by atoms with Crippen molar-refractivity contribution in [3.63, 3.8) is 0 Å². The van der Waals surface area contributed by atoms with Gasteiger partial charge in [-0.25, -0.2) is 0 Å². The van der Waals surface area contributed by atoms with Crippen molar-refractivity contribution < 1.29 is 0 Å². The Hall–Kier alpha value is -4.40. The summed E-state index contributed by atoms with van der Waals surface area (Å²) in [6.07, 6.45) is 5.76. The summed E-state index contributed by atoms with van der Waals surface area (Å²) in [5, 5.41) is 1.38. The lowest BCUT2D eigenvalue weighted by molar-refractivity contribution is 0.724. The average Bonchev–Trinajstić information content (AvgIpc) is 3.36. The summed E-state index contributed by atoms with van der Waals surface area (Å²) in [4.78, 5) is 3.79. The normalized spacial score (nSPS) is 14.3. The Morgan fingerprint density at radius 3 is 1.67 bits per heavy atom. The van der Waals surface area contributed by atoms with E-state index in [0.29, 0.717) is 5.92 Å². The molecule has 0 fully saturated rings. The molecule has 1 aliphatic carbocycles. The SMILES string of the molecule is CC1C=Cc2sc3ccc(N(c4ccc(-c5ccccc5)cc4)c4ccc(-c5ccccc5)cc4)cc3c2C1. The molecule has 2 heteroatoms. The molecule has 0 radical (unpaired) electrons. The number of allylic oxidation sites excluding steroid dienone is 1. The highest BCUT2D eigenvalue weighted by atomic mass is 32.1. The van der Waals surface area contributed by atoms with Crippen molar-refractivity contribution in [3.05, 3.63) is 144 Å². The number of thiophene rings is 1. The van der Waals surface area contributed by atoms with E-state index in [0.717, 1.165) is 17.8 Å². The maximum Gasteiger partial charge on any atom is 0.0468 e. The fraction of sp³-hybridized carbons (Fsp3) is 0.0811. The van der Waals surface area contributed by atoms with Crippen LogP contribution in [0.1, 0.15) is 17.4 Å². The Bertz CT molecular complexity index is 1680. The van der Waals surface area contributed by atoms with Crippen molar-refractivity contribution in [3.8, 4) is 22.3 Å². The van der Waals surface area contributed by atoms with Crippen molar-refractivity contribution in [2.75, 3.05) is 4.90 Å². The zero-order valence-corrected chi connectivity index (χ0v) is 22.7. The van der Waals surface area contributed by atoms with Gasteiger partial charge in [0.05, 0.1) is 0 Å². The first-order valence-corrected chi connectivity index (χ1v) is 14.4. The van der Waals surface area contributed by atoms with Crippen molar-refractivity contribution in [1.82, 2.24) is 0 Å². The molecule has 0 saturated carbocycles. The summed E-state index contributed by atoms with van der Waals surface area (Å²) in [6.45, 7) is 2.31. The van der Waals surface area contributed by atoms with E-state index in [1.165, 1.54) is 48.5 Å². The lowest BCUT2D eigenvalue weighted by Crippen LogP contribution is -2.10. The summed E-state index contributed by atoms with van der Waals surface area (Å²) < 4.78 is 1.36. The highest BCUT2D eigenvalue weighted by Crippen LogP contribution is 2.42. The summed E-state index contributed by atoms with van der Waals surface area (Å²) in [6, 6.07) is 46.0. The molecule has 1 nitrogen and oxygen atoms in total. The van der Waals surface area contributed by atoms with Crippen molar-refractivity contribution in [2.45, 2.75) is 13.3 Å². The van der Waals surface area contributed by atoms with E-state index in [9.17, 15) is 0 Å². The second-order valence-corrected chi connectivity index (χ2v) is 11.4. The van der Waals surface area contributed by atoms with Crippen LogP contribution in [0.15, 0.2) is 133 Å². The van der Waals surface area contributed by atoms with Crippen LogP contribution in [-0.4, -0.2) is 0 Å². The second-order valence-electron chi connectivity index (χ2n) is 10.3.